The summed E-state index contributed by atoms with van der Waals surface area (Å²) in [7, 11) is 4.54. The van der Waals surface area contributed by atoms with Crippen molar-refractivity contribution in [1.82, 2.24) is 4.90 Å². The highest BCUT2D eigenvalue weighted by Gasteiger charge is 2.28. The van der Waals surface area contributed by atoms with Gasteiger partial charge in [0.2, 0.25) is 11.7 Å². The summed E-state index contributed by atoms with van der Waals surface area (Å²) in [6, 6.07) is 8.59. The molecule has 2 aromatic rings. The molecule has 0 aliphatic heterocycles. The highest BCUT2D eigenvalue weighted by molar-refractivity contribution is 5.94. The first kappa shape index (κ1) is 32.8. The first-order valence-corrected chi connectivity index (χ1v) is 13.3. The van der Waals surface area contributed by atoms with Gasteiger partial charge in [0.1, 0.15) is 5.75 Å². The van der Waals surface area contributed by atoms with E-state index in [1.807, 2.05) is 0 Å². The number of ether oxygens (including phenoxy) is 4. The Morgan fingerprint density at radius 2 is 1.55 bits per heavy atom. The van der Waals surface area contributed by atoms with E-state index in [0.29, 0.717) is 47.1 Å². The summed E-state index contributed by atoms with van der Waals surface area (Å²) in [5.41, 5.74) is 1.65. The minimum Gasteiger partial charge on any atom is -0.493 e. The Kier molecular flexibility index (Phi) is 12.6. The summed E-state index contributed by atoms with van der Waals surface area (Å²) in [6.45, 7) is 7.63. The third kappa shape index (κ3) is 9.66. The van der Waals surface area contributed by atoms with Crippen LogP contribution in [0.2, 0.25) is 0 Å². The topological polar surface area (TPSA) is 69.3 Å². The summed E-state index contributed by atoms with van der Waals surface area (Å²) in [6.07, 6.45) is 1.19. The number of nitrogens with zero attached hydrogens (tertiary/aromatic N) is 1. The van der Waals surface area contributed by atoms with Gasteiger partial charge in [-0.15, -0.1) is 0 Å². The van der Waals surface area contributed by atoms with Crippen molar-refractivity contribution in [2.45, 2.75) is 65.2 Å². The predicted octanol–water partition coefficient (Wildman–Crippen LogP) is 7.05. The summed E-state index contributed by atoms with van der Waals surface area (Å²) in [5.74, 6) is 1.15. The Morgan fingerprint density at radius 1 is 0.950 bits per heavy atom. The first-order valence-electron chi connectivity index (χ1n) is 13.3. The number of alkyl halides is 3. The molecule has 0 saturated carbocycles. The molecule has 0 saturated heterocycles. The second-order valence-electron chi connectivity index (χ2n) is 9.50. The summed E-state index contributed by atoms with van der Waals surface area (Å²) in [4.78, 5) is 15.3. The van der Waals surface area contributed by atoms with E-state index in [1.165, 1.54) is 33.5 Å². The lowest BCUT2D eigenvalue weighted by Gasteiger charge is -2.33. The van der Waals surface area contributed by atoms with Gasteiger partial charge in [-0.2, -0.15) is 13.2 Å². The van der Waals surface area contributed by atoms with Crippen LogP contribution in [0.3, 0.4) is 0 Å². The van der Waals surface area contributed by atoms with E-state index < -0.39 is 12.8 Å². The third-order valence-electron chi connectivity index (χ3n) is 6.75. The van der Waals surface area contributed by atoms with Crippen LogP contribution in [0, 0.1) is 0 Å². The van der Waals surface area contributed by atoms with Crippen molar-refractivity contribution in [2.24, 2.45) is 0 Å². The summed E-state index contributed by atoms with van der Waals surface area (Å²) >= 11 is 0. The second-order valence-corrected chi connectivity index (χ2v) is 9.50. The van der Waals surface area contributed by atoms with Gasteiger partial charge >= 0.3 is 6.18 Å². The Morgan fingerprint density at radius 3 is 2.05 bits per heavy atom. The molecule has 0 radical (unpaired) electrons. The van der Waals surface area contributed by atoms with Crippen molar-refractivity contribution >= 4 is 23.7 Å². The van der Waals surface area contributed by atoms with Gasteiger partial charge < -0.3 is 24.3 Å². The normalized spacial score (nSPS) is 13.3. The monoisotopic (exact) mass is 566 g/mol. The lowest BCUT2D eigenvalue weighted by atomic mass is 10.1. The number of amides is 1. The van der Waals surface area contributed by atoms with E-state index in [0.717, 1.165) is 18.4 Å². The fraction of sp³-hybridized carbons (Fsp3) is 0.500. The molecule has 40 heavy (non-hydrogen) atoms. The quantitative estimate of drug-likeness (QED) is 0.233. The van der Waals surface area contributed by atoms with Crippen molar-refractivity contribution in [3.8, 4) is 23.0 Å². The highest BCUT2D eigenvalue weighted by Crippen LogP contribution is 2.39. The van der Waals surface area contributed by atoms with Crippen molar-refractivity contribution in [3.63, 3.8) is 0 Å². The molecule has 7 nitrogen and oxygen atoms in total. The van der Waals surface area contributed by atoms with Crippen LogP contribution >= 0.6 is 0 Å². The minimum atomic E-state index is -4.48. The number of carbonyl (C=O) groups is 1. The Balaban J connectivity index is 2.35. The van der Waals surface area contributed by atoms with Crippen LogP contribution in [0.25, 0.3) is 12.2 Å². The van der Waals surface area contributed by atoms with Crippen molar-refractivity contribution < 1.29 is 36.9 Å². The van der Waals surface area contributed by atoms with Gasteiger partial charge in [0.15, 0.2) is 18.1 Å². The fourth-order valence-electron chi connectivity index (χ4n) is 4.22. The van der Waals surface area contributed by atoms with Gasteiger partial charge in [-0.1, -0.05) is 26.0 Å². The van der Waals surface area contributed by atoms with Gasteiger partial charge in [0, 0.05) is 31.1 Å². The number of rotatable bonds is 15. The summed E-state index contributed by atoms with van der Waals surface area (Å²) in [5, 5.41) is 2.87. The Labute approximate surface area is 235 Å². The number of hydrogen-bond donors (Lipinski definition) is 1. The maximum absolute atomic E-state index is 13.0. The molecular weight excluding hydrogens is 525 g/mol. The molecule has 2 aromatic carbocycles. The van der Waals surface area contributed by atoms with Gasteiger partial charge in [0.25, 0.3) is 0 Å². The van der Waals surface area contributed by atoms with Gasteiger partial charge in [-0.3, -0.25) is 9.69 Å². The molecule has 2 atom stereocenters. The number of nitrogens with one attached hydrogen (secondary N) is 1. The molecule has 0 aliphatic carbocycles. The highest BCUT2D eigenvalue weighted by atomic mass is 19.4. The molecule has 2 unspecified atom stereocenters. The van der Waals surface area contributed by atoms with Crippen LogP contribution in [0.15, 0.2) is 30.3 Å². The molecule has 2 rings (SSSR count). The number of halogens is 3. The van der Waals surface area contributed by atoms with E-state index in [9.17, 15) is 18.0 Å². The van der Waals surface area contributed by atoms with Crippen LogP contribution in [0.5, 0.6) is 23.0 Å². The van der Waals surface area contributed by atoms with Crippen LogP contribution < -0.4 is 24.3 Å². The largest absolute Gasteiger partial charge is 0.493 e. The van der Waals surface area contributed by atoms with E-state index >= 15 is 0 Å². The number of anilines is 1. The van der Waals surface area contributed by atoms with Crippen molar-refractivity contribution in [3.05, 3.63) is 41.5 Å². The van der Waals surface area contributed by atoms with Gasteiger partial charge in [-0.05, 0) is 62.1 Å². The van der Waals surface area contributed by atoms with E-state index in [4.69, 9.17) is 18.9 Å². The van der Waals surface area contributed by atoms with Crippen molar-refractivity contribution in [1.29, 1.82) is 0 Å². The molecule has 222 valence electrons. The molecule has 1 amide bonds. The molecule has 0 aliphatic rings. The molecular formula is C30H41F3N2O5. The summed E-state index contributed by atoms with van der Waals surface area (Å²) < 4.78 is 59.3. The molecule has 0 fully saturated rings. The zero-order valence-corrected chi connectivity index (χ0v) is 24.4. The van der Waals surface area contributed by atoms with Gasteiger partial charge in [0.05, 0.1) is 27.0 Å². The van der Waals surface area contributed by atoms with Crippen LogP contribution in [0.4, 0.5) is 18.9 Å². The first-order chi connectivity index (χ1) is 19.0. The number of benzene rings is 2. The predicted molar refractivity (Wildman–Crippen MR) is 152 cm³/mol. The van der Waals surface area contributed by atoms with E-state index in [2.05, 4.69) is 37.9 Å². The van der Waals surface area contributed by atoms with E-state index in [1.54, 1.807) is 30.4 Å². The van der Waals surface area contributed by atoms with Crippen molar-refractivity contribution in [2.75, 3.05) is 39.8 Å². The Bertz CT molecular complexity index is 1100. The SMILES string of the molecule is CCC(C)N(CCC(=O)Nc1cc(OCC(F)(F)F)ccc1/C=C\c1cc(OC)c(OC)c(OC)c1)C(C)CC. The maximum Gasteiger partial charge on any atom is 0.422 e. The zero-order valence-electron chi connectivity index (χ0n) is 24.4. The smallest absolute Gasteiger partial charge is 0.422 e. The molecule has 0 spiro atoms. The molecule has 1 N–H and O–H groups in total. The lowest BCUT2D eigenvalue weighted by molar-refractivity contribution is -0.153. The zero-order chi connectivity index (χ0) is 29.9. The molecule has 0 aromatic heterocycles. The minimum absolute atomic E-state index is 0.00148. The third-order valence-corrected chi connectivity index (χ3v) is 6.75. The maximum atomic E-state index is 13.0. The van der Waals surface area contributed by atoms with Crippen LogP contribution in [0.1, 0.15) is 58.1 Å². The fourth-order valence-corrected chi connectivity index (χ4v) is 4.22. The lowest BCUT2D eigenvalue weighted by Crippen LogP contribution is -2.41. The standard InChI is InChI=1S/C30H41F3N2O5/c1-8-20(3)35(21(4)9-2)15-14-28(36)34-25-18-24(40-19-30(31,32)33)13-12-23(25)11-10-22-16-26(37-5)29(39-7)27(17-22)38-6/h10-13,16-18,20-21H,8-9,14-15,19H2,1-7H3,(H,34,36)/b11-10-. The average Bonchev–Trinajstić information content (AvgIpc) is 2.93. The Hall–Kier alpha value is -3.40. The average molecular weight is 567 g/mol. The number of carbonyl (C=O) groups excluding carboxylic acids is 1. The molecule has 10 heteroatoms. The molecule has 0 bridgehead atoms. The second kappa shape index (κ2) is 15.4. The number of methoxy groups -OCH3 is 3. The van der Waals surface area contributed by atoms with Crippen LogP contribution in [-0.4, -0.2) is 63.5 Å². The van der Waals surface area contributed by atoms with E-state index in [-0.39, 0.29) is 18.1 Å². The molecule has 0 heterocycles. The van der Waals surface area contributed by atoms with Crippen LogP contribution in [-0.2, 0) is 4.79 Å². The number of hydrogen-bond acceptors (Lipinski definition) is 6. The van der Waals surface area contributed by atoms with Gasteiger partial charge in [-0.25, -0.2) is 0 Å².